The monoisotopic (exact) mass is 288 g/mol. The molecule has 0 atom stereocenters. The van der Waals surface area contributed by atoms with Crippen molar-refractivity contribution in [3.8, 4) is 5.75 Å². The van der Waals surface area contributed by atoms with Gasteiger partial charge in [-0.05, 0) is 43.2 Å². The fourth-order valence-corrected chi connectivity index (χ4v) is 2.23. The molecule has 0 unspecified atom stereocenters. The van der Waals surface area contributed by atoms with E-state index in [9.17, 15) is 4.79 Å². The van der Waals surface area contributed by atoms with Gasteiger partial charge in [0.15, 0.2) is 0 Å². The van der Waals surface area contributed by atoms with Gasteiger partial charge in [-0.25, -0.2) is 0 Å². The number of nitrogens with one attached hydrogen (secondary N) is 1. The van der Waals surface area contributed by atoms with E-state index in [1.165, 1.54) is 0 Å². The van der Waals surface area contributed by atoms with E-state index in [-0.39, 0.29) is 5.91 Å². The summed E-state index contributed by atoms with van der Waals surface area (Å²) in [5.74, 6) is 0.962. The van der Waals surface area contributed by atoms with Crippen molar-refractivity contribution in [2.45, 2.75) is 19.8 Å². The molecule has 0 spiro atoms. The average molecular weight is 288 g/mol. The van der Waals surface area contributed by atoms with Crippen molar-refractivity contribution in [1.82, 2.24) is 10.2 Å². The highest BCUT2D eigenvalue weighted by Gasteiger charge is 2.12. The summed E-state index contributed by atoms with van der Waals surface area (Å²) in [6, 6.07) is 7.82. The molecule has 1 aromatic carbocycles. The van der Waals surface area contributed by atoms with Crippen LogP contribution in [0.4, 0.5) is 0 Å². The number of carbonyl (C=O) groups is 1. The molecule has 0 saturated carbocycles. The first kappa shape index (κ1) is 15.6. The van der Waals surface area contributed by atoms with Gasteiger partial charge in [0.05, 0.1) is 6.61 Å². The lowest BCUT2D eigenvalue weighted by atomic mass is 10.2. The zero-order valence-electron chi connectivity index (χ0n) is 12.7. The Kier molecular flexibility index (Phi) is 6.28. The van der Waals surface area contributed by atoms with Crippen LogP contribution in [0.3, 0.4) is 0 Å². The molecule has 1 fully saturated rings. The summed E-state index contributed by atoms with van der Waals surface area (Å²) < 4.78 is 5.54. The van der Waals surface area contributed by atoms with Crippen LogP contribution in [0.25, 0.3) is 6.08 Å². The van der Waals surface area contributed by atoms with E-state index >= 15 is 0 Å². The maximum Gasteiger partial charge on any atom is 0.246 e. The molecule has 4 nitrogen and oxygen atoms in total. The predicted octanol–water partition coefficient (Wildman–Crippen LogP) is 2.31. The molecule has 2 rings (SSSR count). The standard InChI is InChI=1S/C17H24N2O2/c1-2-14-21-16-7-4-15(5-8-16)6-9-17(20)19-12-3-10-18-11-13-19/h4-9,18H,2-3,10-14H2,1H3/b9-6+. The minimum atomic E-state index is 0.0880. The molecule has 1 heterocycles. The molecule has 1 aromatic rings. The topological polar surface area (TPSA) is 41.6 Å². The van der Waals surface area contributed by atoms with Crippen LogP contribution in [0.1, 0.15) is 25.3 Å². The number of hydrogen-bond acceptors (Lipinski definition) is 3. The van der Waals surface area contributed by atoms with Crippen LogP contribution >= 0.6 is 0 Å². The van der Waals surface area contributed by atoms with Crippen molar-refractivity contribution < 1.29 is 9.53 Å². The van der Waals surface area contributed by atoms with Crippen molar-refractivity contribution >= 4 is 12.0 Å². The number of carbonyl (C=O) groups excluding carboxylic acids is 1. The first-order chi connectivity index (χ1) is 10.3. The molecule has 1 aliphatic heterocycles. The van der Waals surface area contributed by atoms with E-state index < -0.39 is 0 Å². The van der Waals surface area contributed by atoms with E-state index in [0.717, 1.165) is 56.9 Å². The van der Waals surface area contributed by atoms with E-state index in [1.54, 1.807) is 6.08 Å². The third kappa shape index (κ3) is 5.23. The molecule has 0 radical (unpaired) electrons. The lowest BCUT2D eigenvalue weighted by molar-refractivity contribution is -0.125. The number of amides is 1. The summed E-state index contributed by atoms with van der Waals surface area (Å²) in [7, 11) is 0. The molecule has 1 N–H and O–H groups in total. The van der Waals surface area contributed by atoms with Gasteiger partial charge < -0.3 is 15.0 Å². The van der Waals surface area contributed by atoms with Crippen LogP contribution in [-0.4, -0.2) is 43.6 Å². The molecule has 1 saturated heterocycles. The predicted molar refractivity (Wildman–Crippen MR) is 85.3 cm³/mol. The van der Waals surface area contributed by atoms with Gasteiger partial charge in [0.25, 0.3) is 0 Å². The Balaban J connectivity index is 1.88. The molecule has 4 heteroatoms. The molecule has 1 aliphatic rings. The van der Waals surface area contributed by atoms with Crippen molar-refractivity contribution in [2.24, 2.45) is 0 Å². The number of rotatable bonds is 5. The minimum Gasteiger partial charge on any atom is -0.494 e. The lowest BCUT2D eigenvalue weighted by Gasteiger charge is -2.17. The van der Waals surface area contributed by atoms with Gasteiger partial charge >= 0.3 is 0 Å². The molecule has 0 bridgehead atoms. The largest absolute Gasteiger partial charge is 0.494 e. The highest BCUT2D eigenvalue weighted by molar-refractivity contribution is 5.91. The van der Waals surface area contributed by atoms with Gasteiger partial charge in [0.2, 0.25) is 5.91 Å². The minimum absolute atomic E-state index is 0.0880. The van der Waals surface area contributed by atoms with Crippen LogP contribution in [-0.2, 0) is 4.79 Å². The Hall–Kier alpha value is -1.81. The zero-order chi connectivity index (χ0) is 14.9. The summed E-state index contributed by atoms with van der Waals surface area (Å²) in [5, 5.41) is 3.30. The molecule has 0 aliphatic carbocycles. The van der Waals surface area contributed by atoms with Gasteiger partial charge in [-0.2, -0.15) is 0 Å². The molecule has 114 valence electrons. The fourth-order valence-electron chi connectivity index (χ4n) is 2.23. The van der Waals surface area contributed by atoms with Crippen molar-refractivity contribution in [3.05, 3.63) is 35.9 Å². The Morgan fingerprint density at radius 2 is 2.10 bits per heavy atom. The zero-order valence-corrected chi connectivity index (χ0v) is 12.7. The van der Waals surface area contributed by atoms with Crippen LogP contribution in [0.2, 0.25) is 0 Å². The van der Waals surface area contributed by atoms with Gasteiger partial charge in [-0.3, -0.25) is 4.79 Å². The normalized spacial score (nSPS) is 16.0. The van der Waals surface area contributed by atoms with Crippen LogP contribution in [0.5, 0.6) is 5.75 Å². The molecular formula is C17H24N2O2. The van der Waals surface area contributed by atoms with E-state index in [4.69, 9.17) is 4.74 Å². The van der Waals surface area contributed by atoms with E-state index in [1.807, 2.05) is 35.2 Å². The molecular weight excluding hydrogens is 264 g/mol. The fraction of sp³-hybridized carbons (Fsp3) is 0.471. The van der Waals surface area contributed by atoms with Gasteiger partial charge in [0.1, 0.15) is 5.75 Å². The molecule has 21 heavy (non-hydrogen) atoms. The summed E-state index contributed by atoms with van der Waals surface area (Å²) in [6.45, 7) is 6.31. The first-order valence-corrected chi connectivity index (χ1v) is 7.70. The molecule has 1 amide bonds. The van der Waals surface area contributed by atoms with E-state index in [0.29, 0.717) is 0 Å². The van der Waals surface area contributed by atoms with Gasteiger partial charge in [-0.1, -0.05) is 19.1 Å². The highest BCUT2D eigenvalue weighted by Crippen LogP contribution is 2.13. The Labute approximate surface area is 126 Å². The SMILES string of the molecule is CCCOc1ccc(/C=C/C(=O)N2CCCNCC2)cc1. The third-order valence-corrected chi connectivity index (χ3v) is 3.42. The molecule has 0 aromatic heterocycles. The van der Waals surface area contributed by atoms with Crippen molar-refractivity contribution in [1.29, 1.82) is 0 Å². The summed E-state index contributed by atoms with van der Waals surface area (Å²) >= 11 is 0. The lowest BCUT2D eigenvalue weighted by Crippen LogP contribution is -2.32. The highest BCUT2D eigenvalue weighted by atomic mass is 16.5. The Bertz CT molecular complexity index is 460. The van der Waals surface area contributed by atoms with E-state index in [2.05, 4.69) is 12.2 Å². The van der Waals surface area contributed by atoms with Crippen molar-refractivity contribution in [3.63, 3.8) is 0 Å². The summed E-state index contributed by atoms with van der Waals surface area (Å²) in [5.41, 5.74) is 1.01. The first-order valence-electron chi connectivity index (χ1n) is 7.70. The number of ether oxygens (including phenoxy) is 1. The second-order valence-electron chi connectivity index (χ2n) is 5.18. The number of hydrogen-bond donors (Lipinski definition) is 1. The Morgan fingerprint density at radius 1 is 1.29 bits per heavy atom. The second-order valence-corrected chi connectivity index (χ2v) is 5.18. The van der Waals surface area contributed by atoms with Crippen molar-refractivity contribution in [2.75, 3.05) is 32.8 Å². The van der Waals surface area contributed by atoms with Crippen LogP contribution in [0, 0.1) is 0 Å². The maximum atomic E-state index is 12.1. The van der Waals surface area contributed by atoms with Crippen LogP contribution < -0.4 is 10.1 Å². The second kappa shape index (κ2) is 8.47. The van der Waals surface area contributed by atoms with Gasteiger partial charge in [-0.15, -0.1) is 0 Å². The Morgan fingerprint density at radius 3 is 2.86 bits per heavy atom. The number of benzene rings is 1. The van der Waals surface area contributed by atoms with Crippen LogP contribution in [0.15, 0.2) is 30.3 Å². The summed E-state index contributed by atoms with van der Waals surface area (Å²) in [6.07, 6.45) is 5.54. The quantitative estimate of drug-likeness (QED) is 0.845. The maximum absolute atomic E-state index is 12.1. The average Bonchev–Trinajstić information content (AvgIpc) is 2.81. The summed E-state index contributed by atoms with van der Waals surface area (Å²) in [4.78, 5) is 14.0. The smallest absolute Gasteiger partial charge is 0.246 e. The third-order valence-electron chi connectivity index (χ3n) is 3.42. The number of nitrogens with zero attached hydrogens (tertiary/aromatic N) is 1. The van der Waals surface area contributed by atoms with Gasteiger partial charge in [0, 0.05) is 25.7 Å².